The van der Waals surface area contributed by atoms with Crippen LogP contribution in [0.3, 0.4) is 0 Å². The number of amides is 1. The summed E-state index contributed by atoms with van der Waals surface area (Å²) in [5.41, 5.74) is 4.68. The number of aromatic nitrogens is 2. The van der Waals surface area contributed by atoms with Gasteiger partial charge < -0.3 is 5.32 Å². The molecule has 0 spiro atoms. The lowest BCUT2D eigenvalue weighted by atomic mass is 10.1. The van der Waals surface area contributed by atoms with Crippen LogP contribution in [0.2, 0.25) is 0 Å². The van der Waals surface area contributed by atoms with Crippen LogP contribution in [0.1, 0.15) is 21.5 Å². The fraction of sp³-hybridized carbons (Fsp3) is 0.176. The summed E-state index contributed by atoms with van der Waals surface area (Å²) >= 11 is 0. The summed E-state index contributed by atoms with van der Waals surface area (Å²) in [7, 11) is 1.87. The lowest BCUT2D eigenvalue weighted by Crippen LogP contribution is -2.13. The number of fused-ring (bicyclic) bond motifs is 1. The molecule has 4 heteroatoms. The number of nitrogens with one attached hydrogen (secondary N) is 1. The Morgan fingerprint density at radius 1 is 1.19 bits per heavy atom. The first-order chi connectivity index (χ1) is 10.1. The summed E-state index contributed by atoms with van der Waals surface area (Å²) in [4.78, 5) is 12.4. The van der Waals surface area contributed by atoms with Crippen molar-refractivity contribution in [1.29, 1.82) is 0 Å². The molecule has 0 saturated heterocycles. The highest BCUT2D eigenvalue weighted by Crippen LogP contribution is 2.20. The van der Waals surface area contributed by atoms with E-state index in [1.807, 2.05) is 57.3 Å². The summed E-state index contributed by atoms with van der Waals surface area (Å²) in [5, 5.41) is 8.19. The molecule has 0 unspecified atom stereocenters. The average Bonchev–Trinajstić information content (AvgIpc) is 2.85. The van der Waals surface area contributed by atoms with Gasteiger partial charge in [0, 0.05) is 23.7 Å². The van der Waals surface area contributed by atoms with Crippen LogP contribution in [0.25, 0.3) is 10.9 Å². The second-order valence-corrected chi connectivity index (χ2v) is 5.24. The molecule has 1 N–H and O–H groups in total. The molecule has 21 heavy (non-hydrogen) atoms. The quantitative estimate of drug-likeness (QED) is 0.781. The van der Waals surface area contributed by atoms with Gasteiger partial charge >= 0.3 is 0 Å². The van der Waals surface area contributed by atoms with E-state index in [0.717, 1.165) is 27.7 Å². The minimum Gasteiger partial charge on any atom is -0.322 e. The number of hydrogen-bond acceptors (Lipinski definition) is 2. The molecule has 3 aromatic rings. The number of hydrogen-bond donors (Lipinski definition) is 1. The minimum absolute atomic E-state index is 0.105. The molecule has 0 aliphatic rings. The van der Waals surface area contributed by atoms with Crippen LogP contribution in [-0.4, -0.2) is 15.7 Å². The molecule has 0 atom stereocenters. The summed E-state index contributed by atoms with van der Waals surface area (Å²) in [6.07, 6.45) is 1.79. The molecular formula is C17H17N3O. The monoisotopic (exact) mass is 279 g/mol. The van der Waals surface area contributed by atoms with E-state index >= 15 is 0 Å². The summed E-state index contributed by atoms with van der Waals surface area (Å²) < 4.78 is 1.77. The molecule has 1 aromatic heterocycles. The third-order valence-corrected chi connectivity index (χ3v) is 3.86. The zero-order chi connectivity index (χ0) is 15.0. The average molecular weight is 279 g/mol. The standard InChI is InChI=1S/C17H17N3O/c1-11-5-4-6-15(12(11)2)19-17(21)13-7-8-14-10-18-20(3)16(14)9-13/h4-10H,1-3H3,(H,19,21). The number of carbonyl (C=O) groups excluding carboxylic acids is 1. The third kappa shape index (κ3) is 2.40. The lowest BCUT2D eigenvalue weighted by Gasteiger charge is -2.10. The minimum atomic E-state index is -0.105. The van der Waals surface area contributed by atoms with Crippen LogP contribution in [0, 0.1) is 13.8 Å². The Morgan fingerprint density at radius 2 is 2.00 bits per heavy atom. The second kappa shape index (κ2) is 5.05. The van der Waals surface area contributed by atoms with Gasteiger partial charge in [-0.2, -0.15) is 5.10 Å². The van der Waals surface area contributed by atoms with Gasteiger partial charge in [0.2, 0.25) is 0 Å². The maximum Gasteiger partial charge on any atom is 0.255 e. The van der Waals surface area contributed by atoms with E-state index in [1.54, 1.807) is 10.9 Å². The van der Waals surface area contributed by atoms with E-state index in [9.17, 15) is 4.79 Å². The predicted molar refractivity (Wildman–Crippen MR) is 84.6 cm³/mol. The highest BCUT2D eigenvalue weighted by atomic mass is 16.1. The third-order valence-electron chi connectivity index (χ3n) is 3.86. The molecule has 106 valence electrons. The second-order valence-electron chi connectivity index (χ2n) is 5.24. The number of anilines is 1. The Balaban J connectivity index is 1.93. The van der Waals surface area contributed by atoms with Crippen molar-refractivity contribution < 1.29 is 4.79 Å². The van der Waals surface area contributed by atoms with Crippen LogP contribution in [0.15, 0.2) is 42.6 Å². The summed E-state index contributed by atoms with van der Waals surface area (Å²) in [5.74, 6) is -0.105. The zero-order valence-corrected chi connectivity index (χ0v) is 12.3. The molecule has 1 heterocycles. The molecule has 0 aliphatic heterocycles. The van der Waals surface area contributed by atoms with Crippen LogP contribution >= 0.6 is 0 Å². The van der Waals surface area contributed by atoms with Crippen molar-refractivity contribution in [2.75, 3.05) is 5.32 Å². The SMILES string of the molecule is Cc1cccc(NC(=O)c2ccc3cnn(C)c3c2)c1C. The maximum absolute atomic E-state index is 12.4. The molecule has 0 radical (unpaired) electrons. The first-order valence-corrected chi connectivity index (χ1v) is 6.85. The Kier molecular flexibility index (Phi) is 3.22. The Bertz CT molecular complexity index is 833. The fourth-order valence-corrected chi connectivity index (χ4v) is 2.37. The van der Waals surface area contributed by atoms with Gasteiger partial charge in [-0.3, -0.25) is 9.48 Å². The van der Waals surface area contributed by atoms with Crippen LogP contribution < -0.4 is 5.32 Å². The molecule has 4 nitrogen and oxygen atoms in total. The van der Waals surface area contributed by atoms with Gasteiger partial charge in [-0.25, -0.2) is 0 Å². The van der Waals surface area contributed by atoms with Crippen molar-refractivity contribution in [3.63, 3.8) is 0 Å². The van der Waals surface area contributed by atoms with Crippen molar-refractivity contribution >= 4 is 22.5 Å². The Hall–Kier alpha value is -2.62. The first-order valence-electron chi connectivity index (χ1n) is 6.85. The molecule has 1 amide bonds. The lowest BCUT2D eigenvalue weighted by molar-refractivity contribution is 0.102. The first kappa shape index (κ1) is 13.4. The fourth-order valence-electron chi connectivity index (χ4n) is 2.37. The largest absolute Gasteiger partial charge is 0.322 e. The van der Waals surface area contributed by atoms with Crippen molar-refractivity contribution in [1.82, 2.24) is 9.78 Å². The zero-order valence-electron chi connectivity index (χ0n) is 12.3. The van der Waals surface area contributed by atoms with Crippen molar-refractivity contribution in [2.45, 2.75) is 13.8 Å². The number of aryl methyl sites for hydroxylation is 2. The normalized spacial score (nSPS) is 10.8. The predicted octanol–water partition coefficient (Wildman–Crippen LogP) is 3.44. The van der Waals surface area contributed by atoms with Crippen LogP contribution in [0.4, 0.5) is 5.69 Å². The highest BCUT2D eigenvalue weighted by molar-refractivity contribution is 6.06. The summed E-state index contributed by atoms with van der Waals surface area (Å²) in [6, 6.07) is 11.5. The van der Waals surface area contributed by atoms with Crippen molar-refractivity contribution in [2.24, 2.45) is 7.05 Å². The smallest absolute Gasteiger partial charge is 0.255 e. The molecular weight excluding hydrogens is 262 g/mol. The maximum atomic E-state index is 12.4. The van der Waals surface area contributed by atoms with Crippen molar-refractivity contribution in [3.05, 3.63) is 59.3 Å². The molecule has 3 rings (SSSR count). The van der Waals surface area contributed by atoms with Gasteiger partial charge in [0.1, 0.15) is 0 Å². The number of carbonyl (C=O) groups is 1. The van der Waals surface area contributed by atoms with E-state index in [-0.39, 0.29) is 5.91 Å². The number of benzene rings is 2. The van der Waals surface area contributed by atoms with E-state index in [2.05, 4.69) is 10.4 Å². The van der Waals surface area contributed by atoms with E-state index in [1.165, 1.54) is 0 Å². The van der Waals surface area contributed by atoms with E-state index in [0.29, 0.717) is 5.56 Å². The molecule has 0 saturated carbocycles. The van der Waals surface area contributed by atoms with Crippen molar-refractivity contribution in [3.8, 4) is 0 Å². The van der Waals surface area contributed by atoms with E-state index < -0.39 is 0 Å². The topological polar surface area (TPSA) is 46.9 Å². The van der Waals surface area contributed by atoms with Gasteiger partial charge in [0.25, 0.3) is 5.91 Å². The highest BCUT2D eigenvalue weighted by Gasteiger charge is 2.10. The molecule has 0 fully saturated rings. The van der Waals surface area contributed by atoms with Crippen LogP contribution in [-0.2, 0) is 7.05 Å². The number of nitrogens with zero attached hydrogens (tertiary/aromatic N) is 2. The molecule has 2 aromatic carbocycles. The Labute approximate surface area is 123 Å². The summed E-state index contributed by atoms with van der Waals surface area (Å²) in [6.45, 7) is 4.04. The molecule has 0 bridgehead atoms. The van der Waals surface area contributed by atoms with Gasteiger partial charge in [-0.1, -0.05) is 18.2 Å². The van der Waals surface area contributed by atoms with Gasteiger partial charge in [0.15, 0.2) is 0 Å². The molecule has 0 aliphatic carbocycles. The van der Waals surface area contributed by atoms with Gasteiger partial charge in [-0.15, -0.1) is 0 Å². The van der Waals surface area contributed by atoms with E-state index in [4.69, 9.17) is 0 Å². The van der Waals surface area contributed by atoms with Gasteiger partial charge in [0.05, 0.1) is 11.7 Å². The number of rotatable bonds is 2. The Morgan fingerprint density at radius 3 is 2.81 bits per heavy atom. The van der Waals surface area contributed by atoms with Crippen LogP contribution in [0.5, 0.6) is 0 Å². The van der Waals surface area contributed by atoms with Gasteiger partial charge in [-0.05, 0) is 43.2 Å².